The molecule has 2 aromatic heterocycles. The van der Waals surface area contributed by atoms with E-state index in [1.807, 2.05) is 19.3 Å². The smallest absolute Gasteiger partial charge is 0.129 e. The third-order valence-electron chi connectivity index (χ3n) is 4.57. The summed E-state index contributed by atoms with van der Waals surface area (Å²) in [6.07, 6.45) is 9.94. The molecule has 1 aliphatic carbocycles. The lowest BCUT2D eigenvalue weighted by atomic mass is 9.72. The summed E-state index contributed by atoms with van der Waals surface area (Å²) >= 11 is 0. The zero-order valence-corrected chi connectivity index (χ0v) is 12.3. The molecule has 0 amide bonds. The fraction of sp³-hybridized carbons (Fsp3) is 0.500. The number of nitrogens with zero attached hydrogens (tertiary/aromatic N) is 3. The van der Waals surface area contributed by atoms with Crippen LogP contribution in [0.25, 0.3) is 11.1 Å². The Hall–Kier alpha value is -1.84. The maximum absolute atomic E-state index is 6.27. The van der Waals surface area contributed by atoms with Gasteiger partial charge in [0.05, 0.1) is 5.69 Å². The highest BCUT2D eigenvalue weighted by Gasteiger charge is 2.35. The van der Waals surface area contributed by atoms with Gasteiger partial charge in [0.25, 0.3) is 0 Å². The molecule has 2 heterocycles. The van der Waals surface area contributed by atoms with E-state index in [1.165, 1.54) is 32.1 Å². The van der Waals surface area contributed by atoms with Crippen LogP contribution >= 0.6 is 0 Å². The molecule has 3 rings (SSSR count). The standard InChI is InChI=1S/C16H22N4/c1-16(8-4-3-5-9-16)14-13(15(17)20(2)19-14)12-7-6-10-18-11-12/h6-7,10-11H,3-5,8-9,17H2,1-2H3. The molecule has 20 heavy (non-hydrogen) atoms. The number of nitrogens with two attached hydrogens (primary N) is 1. The molecule has 0 unspecified atom stereocenters. The van der Waals surface area contributed by atoms with Gasteiger partial charge in [-0.15, -0.1) is 0 Å². The predicted molar refractivity (Wildman–Crippen MR) is 81.3 cm³/mol. The van der Waals surface area contributed by atoms with Crippen molar-refractivity contribution in [3.05, 3.63) is 30.2 Å². The Kier molecular flexibility index (Phi) is 3.24. The van der Waals surface area contributed by atoms with Gasteiger partial charge in [0, 0.05) is 36.0 Å². The second kappa shape index (κ2) is 4.93. The normalized spacial score (nSPS) is 18.1. The number of hydrogen-bond donors (Lipinski definition) is 1. The van der Waals surface area contributed by atoms with Gasteiger partial charge in [0.1, 0.15) is 5.82 Å². The average Bonchev–Trinajstić information content (AvgIpc) is 2.77. The van der Waals surface area contributed by atoms with Crippen LogP contribution in [-0.4, -0.2) is 14.8 Å². The van der Waals surface area contributed by atoms with E-state index in [1.54, 1.807) is 10.9 Å². The monoisotopic (exact) mass is 270 g/mol. The largest absolute Gasteiger partial charge is 0.383 e. The average molecular weight is 270 g/mol. The Morgan fingerprint density at radius 3 is 2.65 bits per heavy atom. The van der Waals surface area contributed by atoms with Gasteiger partial charge in [-0.25, -0.2) is 0 Å². The number of rotatable bonds is 2. The van der Waals surface area contributed by atoms with Crippen molar-refractivity contribution in [3.63, 3.8) is 0 Å². The second-order valence-electron chi connectivity index (χ2n) is 6.10. The highest BCUT2D eigenvalue weighted by Crippen LogP contribution is 2.44. The topological polar surface area (TPSA) is 56.7 Å². The highest BCUT2D eigenvalue weighted by molar-refractivity contribution is 5.77. The molecule has 1 aliphatic rings. The minimum absolute atomic E-state index is 0.138. The lowest BCUT2D eigenvalue weighted by Crippen LogP contribution is -2.26. The fourth-order valence-electron chi connectivity index (χ4n) is 3.32. The quantitative estimate of drug-likeness (QED) is 0.911. The van der Waals surface area contributed by atoms with Crippen LogP contribution in [0.5, 0.6) is 0 Å². The molecule has 0 bridgehead atoms. The fourth-order valence-corrected chi connectivity index (χ4v) is 3.32. The maximum atomic E-state index is 6.27. The van der Waals surface area contributed by atoms with Crippen molar-refractivity contribution >= 4 is 5.82 Å². The predicted octanol–water partition coefficient (Wildman–Crippen LogP) is 3.29. The van der Waals surface area contributed by atoms with E-state index in [-0.39, 0.29) is 5.41 Å². The summed E-state index contributed by atoms with van der Waals surface area (Å²) in [5.74, 6) is 0.736. The van der Waals surface area contributed by atoms with Crippen LogP contribution < -0.4 is 5.73 Å². The Morgan fingerprint density at radius 1 is 1.25 bits per heavy atom. The number of aromatic nitrogens is 3. The van der Waals surface area contributed by atoms with Gasteiger partial charge >= 0.3 is 0 Å². The van der Waals surface area contributed by atoms with Crippen molar-refractivity contribution < 1.29 is 0 Å². The number of aryl methyl sites for hydroxylation is 1. The van der Waals surface area contributed by atoms with Gasteiger partial charge in [-0.2, -0.15) is 5.10 Å². The molecule has 0 aliphatic heterocycles. The van der Waals surface area contributed by atoms with Crippen molar-refractivity contribution in [2.24, 2.45) is 7.05 Å². The van der Waals surface area contributed by atoms with Crippen molar-refractivity contribution in [2.75, 3.05) is 5.73 Å². The van der Waals surface area contributed by atoms with E-state index in [0.717, 1.165) is 22.6 Å². The van der Waals surface area contributed by atoms with Crippen LogP contribution in [0, 0.1) is 0 Å². The molecule has 4 heteroatoms. The first-order chi connectivity index (χ1) is 9.62. The molecule has 0 saturated heterocycles. The number of pyridine rings is 1. The zero-order chi connectivity index (χ0) is 14.2. The van der Waals surface area contributed by atoms with E-state index in [0.29, 0.717) is 0 Å². The van der Waals surface area contributed by atoms with Crippen LogP contribution in [-0.2, 0) is 12.5 Å². The molecule has 0 radical (unpaired) electrons. The van der Waals surface area contributed by atoms with E-state index in [9.17, 15) is 0 Å². The van der Waals surface area contributed by atoms with Crippen molar-refractivity contribution in [3.8, 4) is 11.1 Å². The number of nitrogen functional groups attached to an aromatic ring is 1. The summed E-state index contributed by atoms with van der Waals surface area (Å²) in [5, 5.41) is 4.75. The summed E-state index contributed by atoms with van der Waals surface area (Å²) in [7, 11) is 1.92. The molecule has 0 atom stereocenters. The van der Waals surface area contributed by atoms with Crippen molar-refractivity contribution in [1.29, 1.82) is 0 Å². The van der Waals surface area contributed by atoms with Crippen LogP contribution in [0.1, 0.15) is 44.7 Å². The molecule has 1 fully saturated rings. The molecule has 0 spiro atoms. The number of hydrogen-bond acceptors (Lipinski definition) is 3. The second-order valence-corrected chi connectivity index (χ2v) is 6.10. The Bertz CT molecular complexity index is 594. The molecule has 0 aromatic carbocycles. The molecule has 106 valence electrons. The number of anilines is 1. The van der Waals surface area contributed by atoms with Crippen LogP contribution in [0.15, 0.2) is 24.5 Å². The molecular formula is C16H22N4. The first kappa shape index (κ1) is 13.2. The summed E-state index contributed by atoms with van der Waals surface area (Å²) in [6.45, 7) is 2.33. The third-order valence-corrected chi connectivity index (χ3v) is 4.57. The maximum Gasteiger partial charge on any atom is 0.129 e. The molecular weight excluding hydrogens is 248 g/mol. The SMILES string of the molecule is Cn1nc(C2(C)CCCCC2)c(-c2cccnc2)c1N. The molecule has 4 nitrogen and oxygen atoms in total. The van der Waals surface area contributed by atoms with Crippen LogP contribution in [0.2, 0.25) is 0 Å². The molecule has 2 aromatic rings. The van der Waals surface area contributed by atoms with Gasteiger partial charge in [-0.1, -0.05) is 32.3 Å². The Morgan fingerprint density at radius 2 is 2.00 bits per heavy atom. The third kappa shape index (κ3) is 2.09. The lowest BCUT2D eigenvalue weighted by molar-refractivity contribution is 0.311. The minimum atomic E-state index is 0.138. The molecule has 2 N–H and O–H groups in total. The summed E-state index contributed by atoms with van der Waals surface area (Å²) in [6, 6.07) is 4.02. The van der Waals surface area contributed by atoms with E-state index < -0.39 is 0 Å². The van der Waals surface area contributed by atoms with Gasteiger partial charge in [0.15, 0.2) is 0 Å². The lowest BCUT2D eigenvalue weighted by Gasteiger charge is -2.32. The van der Waals surface area contributed by atoms with E-state index in [4.69, 9.17) is 10.8 Å². The molecule has 1 saturated carbocycles. The Labute approximate surface area is 120 Å². The first-order valence-corrected chi connectivity index (χ1v) is 7.35. The van der Waals surface area contributed by atoms with Gasteiger partial charge in [-0.05, 0) is 18.9 Å². The van der Waals surface area contributed by atoms with Gasteiger partial charge in [0.2, 0.25) is 0 Å². The van der Waals surface area contributed by atoms with Crippen LogP contribution in [0.3, 0.4) is 0 Å². The van der Waals surface area contributed by atoms with E-state index in [2.05, 4.69) is 18.0 Å². The van der Waals surface area contributed by atoms with Gasteiger partial charge in [-0.3, -0.25) is 9.67 Å². The van der Waals surface area contributed by atoms with Crippen LogP contribution in [0.4, 0.5) is 5.82 Å². The Balaban J connectivity index is 2.14. The van der Waals surface area contributed by atoms with Gasteiger partial charge < -0.3 is 5.73 Å². The van der Waals surface area contributed by atoms with Crippen molar-refractivity contribution in [1.82, 2.24) is 14.8 Å². The summed E-state index contributed by atoms with van der Waals surface area (Å²) in [5.41, 5.74) is 9.70. The minimum Gasteiger partial charge on any atom is -0.383 e. The summed E-state index contributed by atoms with van der Waals surface area (Å²) < 4.78 is 1.80. The zero-order valence-electron chi connectivity index (χ0n) is 12.3. The van der Waals surface area contributed by atoms with Crippen molar-refractivity contribution in [2.45, 2.75) is 44.4 Å². The first-order valence-electron chi connectivity index (χ1n) is 7.35. The van der Waals surface area contributed by atoms with E-state index >= 15 is 0 Å². The summed E-state index contributed by atoms with van der Waals surface area (Å²) in [4.78, 5) is 4.23. The highest BCUT2D eigenvalue weighted by atomic mass is 15.3.